The number of amides is 1. The summed E-state index contributed by atoms with van der Waals surface area (Å²) < 4.78 is 48.0. The van der Waals surface area contributed by atoms with E-state index in [-0.39, 0.29) is 17.1 Å². The van der Waals surface area contributed by atoms with Gasteiger partial charge in [-0.05, 0) is 25.0 Å². The fourth-order valence-electron chi connectivity index (χ4n) is 3.84. The van der Waals surface area contributed by atoms with Gasteiger partial charge >= 0.3 is 12.1 Å². The van der Waals surface area contributed by atoms with Crippen LogP contribution in [0, 0.1) is 0 Å². The first-order valence-corrected chi connectivity index (χ1v) is 12.4. The minimum absolute atomic E-state index is 0.210. The zero-order valence-electron chi connectivity index (χ0n) is 18.2. The third kappa shape index (κ3) is 5.00. The first kappa shape index (κ1) is 23.6. The van der Waals surface area contributed by atoms with Crippen molar-refractivity contribution in [2.75, 3.05) is 19.8 Å². The van der Waals surface area contributed by atoms with Crippen molar-refractivity contribution >= 4 is 28.6 Å². The van der Waals surface area contributed by atoms with Gasteiger partial charge in [-0.2, -0.15) is 18.2 Å². The fraction of sp³-hybridized carbons (Fsp3) is 0.304. The quantitative estimate of drug-likeness (QED) is 0.365. The molecule has 0 aliphatic carbocycles. The summed E-state index contributed by atoms with van der Waals surface area (Å²) in [5.74, 6) is -1.96. The molecule has 1 saturated heterocycles. The summed E-state index contributed by atoms with van der Waals surface area (Å²) in [5, 5.41) is 9.33. The SMILES string of the molecule is O=C(NCC1(c2nc(-c3ccccc3)cs2)CCOCC1)c1ccc(-c2noc(C(F)(F)F)n2)s1. The number of halogens is 3. The van der Waals surface area contributed by atoms with Gasteiger partial charge in [0.1, 0.15) is 5.01 Å². The van der Waals surface area contributed by atoms with Crippen molar-refractivity contribution < 1.29 is 27.2 Å². The number of nitrogens with zero attached hydrogens (tertiary/aromatic N) is 3. The Kier molecular flexibility index (Phi) is 6.43. The molecule has 1 aliphatic rings. The maximum absolute atomic E-state index is 12.9. The van der Waals surface area contributed by atoms with Gasteiger partial charge in [-0.1, -0.05) is 35.5 Å². The number of carbonyl (C=O) groups is 1. The Hall–Kier alpha value is -3.09. The monoisotopic (exact) mass is 520 g/mol. The summed E-state index contributed by atoms with van der Waals surface area (Å²) in [6, 6.07) is 12.9. The van der Waals surface area contributed by atoms with Crippen molar-refractivity contribution in [2.45, 2.75) is 24.4 Å². The second-order valence-corrected chi connectivity index (χ2v) is 10.0. The van der Waals surface area contributed by atoms with Crippen molar-refractivity contribution in [1.29, 1.82) is 0 Å². The van der Waals surface area contributed by atoms with Gasteiger partial charge in [-0.3, -0.25) is 4.79 Å². The van der Waals surface area contributed by atoms with Crippen LogP contribution < -0.4 is 5.32 Å². The number of benzene rings is 1. The molecular weight excluding hydrogens is 501 g/mol. The molecule has 12 heteroatoms. The van der Waals surface area contributed by atoms with Crippen molar-refractivity contribution in [2.24, 2.45) is 0 Å². The fourth-order valence-corrected chi connectivity index (χ4v) is 5.78. The first-order chi connectivity index (χ1) is 16.8. The summed E-state index contributed by atoms with van der Waals surface area (Å²) in [4.78, 5) is 21.8. The zero-order chi connectivity index (χ0) is 24.5. The maximum atomic E-state index is 12.9. The van der Waals surface area contributed by atoms with Crippen molar-refractivity contribution in [1.82, 2.24) is 20.4 Å². The molecule has 0 spiro atoms. The van der Waals surface area contributed by atoms with Crippen LogP contribution in [0.4, 0.5) is 13.2 Å². The largest absolute Gasteiger partial charge is 0.471 e. The van der Waals surface area contributed by atoms with Crippen LogP contribution in [-0.4, -0.2) is 40.8 Å². The Morgan fingerprint density at radius 1 is 1.09 bits per heavy atom. The molecule has 0 radical (unpaired) electrons. The standard InChI is InChI=1S/C23H19F3N4O3S2/c24-23(25,26)20-29-18(30-33-20)16-6-7-17(35-16)19(31)27-13-22(8-10-32-11-9-22)21-28-15(12-34-21)14-4-2-1-3-5-14/h1-7,12H,8-11,13H2,(H,27,31). The molecule has 7 nitrogen and oxygen atoms in total. The number of thiophene rings is 1. The zero-order valence-corrected chi connectivity index (χ0v) is 19.8. The Morgan fingerprint density at radius 2 is 1.86 bits per heavy atom. The molecule has 3 aromatic heterocycles. The van der Waals surface area contributed by atoms with Crippen molar-refractivity contribution in [3.63, 3.8) is 0 Å². The van der Waals surface area contributed by atoms with Crippen molar-refractivity contribution in [3.05, 3.63) is 63.6 Å². The van der Waals surface area contributed by atoms with Crippen LogP contribution >= 0.6 is 22.7 Å². The van der Waals surface area contributed by atoms with E-state index in [2.05, 4.69) is 20.0 Å². The lowest BCUT2D eigenvalue weighted by Gasteiger charge is -2.35. The number of carbonyl (C=O) groups excluding carboxylic acids is 1. The molecule has 1 amide bonds. The van der Waals surface area contributed by atoms with E-state index in [1.807, 2.05) is 35.7 Å². The lowest BCUT2D eigenvalue weighted by Crippen LogP contribution is -2.44. The van der Waals surface area contributed by atoms with Gasteiger partial charge in [-0.15, -0.1) is 22.7 Å². The Bertz CT molecular complexity index is 1310. The van der Waals surface area contributed by atoms with Crippen LogP contribution in [0.15, 0.2) is 52.4 Å². The van der Waals surface area contributed by atoms with E-state index in [0.29, 0.717) is 42.4 Å². The first-order valence-electron chi connectivity index (χ1n) is 10.7. The van der Waals surface area contributed by atoms with Gasteiger partial charge in [0.15, 0.2) is 0 Å². The van der Waals surface area contributed by atoms with E-state index in [4.69, 9.17) is 9.72 Å². The van der Waals surface area contributed by atoms with E-state index in [1.165, 1.54) is 12.1 Å². The van der Waals surface area contributed by atoms with Crippen LogP contribution in [0.5, 0.6) is 0 Å². The van der Waals surface area contributed by atoms with Crippen LogP contribution in [0.1, 0.15) is 33.4 Å². The average Bonchev–Trinajstić information content (AvgIpc) is 3.63. The third-order valence-corrected chi connectivity index (χ3v) is 7.95. The summed E-state index contributed by atoms with van der Waals surface area (Å²) >= 11 is 2.57. The molecule has 0 unspecified atom stereocenters. The number of aromatic nitrogens is 3. The maximum Gasteiger partial charge on any atom is 0.471 e. The normalized spacial score (nSPS) is 15.7. The predicted molar refractivity (Wildman–Crippen MR) is 124 cm³/mol. The van der Waals surface area contributed by atoms with Crippen LogP contribution in [-0.2, 0) is 16.3 Å². The van der Waals surface area contributed by atoms with Crippen LogP contribution in [0.2, 0.25) is 0 Å². The van der Waals surface area contributed by atoms with Crippen LogP contribution in [0.25, 0.3) is 22.0 Å². The van der Waals surface area contributed by atoms with E-state index in [9.17, 15) is 18.0 Å². The average molecular weight is 521 g/mol. The number of thiazole rings is 1. The third-order valence-electron chi connectivity index (χ3n) is 5.78. The molecule has 4 aromatic rings. The highest BCUT2D eigenvalue weighted by molar-refractivity contribution is 7.17. The number of ether oxygens (including phenoxy) is 1. The van der Waals surface area contributed by atoms with Gasteiger partial charge in [0.05, 0.1) is 15.4 Å². The second-order valence-electron chi connectivity index (χ2n) is 8.06. The molecule has 5 rings (SSSR count). The van der Waals surface area contributed by atoms with Crippen LogP contribution in [0.3, 0.4) is 0 Å². The number of rotatable bonds is 6. The minimum Gasteiger partial charge on any atom is -0.381 e. The van der Waals surface area contributed by atoms with E-state index < -0.39 is 12.1 Å². The minimum atomic E-state index is -4.73. The van der Waals surface area contributed by atoms with Gasteiger partial charge < -0.3 is 14.6 Å². The molecule has 1 aromatic carbocycles. The number of alkyl halides is 3. The molecule has 1 N–H and O–H groups in total. The lowest BCUT2D eigenvalue weighted by atomic mass is 9.80. The Labute approximate surface area is 206 Å². The molecule has 182 valence electrons. The van der Waals surface area contributed by atoms with Gasteiger partial charge in [0, 0.05) is 36.1 Å². The number of hydrogen-bond acceptors (Lipinski definition) is 8. The van der Waals surface area contributed by atoms with E-state index in [0.717, 1.165) is 27.6 Å². The Balaban J connectivity index is 1.31. The van der Waals surface area contributed by atoms with E-state index in [1.54, 1.807) is 11.3 Å². The highest BCUT2D eigenvalue weighted by Gasteiger charge is 2.39. The highest BCUT2D eigenvalue weighted by atomic mass is 32.1. The number of hydrogen-bond donors (Lipinski definition) is 1. The molecule has 1 aliphatic heterocycles. The molecule has 0 saturated carbocycles. The molecule has 0 bridgehead atoms. The second kappa shape index (κ2) is 9.51. The van der Waals surface area contributed by atoms with Crippen molar-refractivity contribution in [3.8, 4) is 22.0 Å². The number of nitrogens with one attached hydrogen (secondary N) is 1. The summed E-state index contributed by atoms with van der Waals surface area (Å²) in [6.45, 7) is 1.50. The summed E-state index contributed by atoms with van der Waals surface area (Å²) in [5.41, 5.74) is 1.56. The Morgan fingerprint density at radius 3 is 2.57 bits per heavy atom. The highest BCUT2D eigenvalue weighted by Crippen LogP contribution is 2.38. The van der Waals surface area contributed by atoms with E-state index >= 15 is 0 Å². The molecular formula is C23H19F3N4O3S2. The molecule has 4 heterocycles. The van der Waals surface area contributed by atoms with Gasteiger partial charge in [0.25, 0.3) is 5.91 Å². The summed E-state index contributed by atoms with van der Waals surface area (Å²) in [6.07, 6.45) is -3.29. The lowest BCUT2D eigenvalue weighted by molar-refractivity contribution is -0.159. The van der Waals surface area contributed by atoms with Gasteiger partial charge in [0.2, 0.25) is 5.82 Å². The molecule has 35 heavy (non-hydrogen) atoms. The smallest absolute Gasteiger partial charge is 0.381 e. The summed E-state index contributed by atoms with van der Waals surface area (Å²) in [7, 11) is 0. The molecule has 1 fully saturated rings. The predicted octanol–water partition coefficient (Wildman–Crippen LogP) is 5.42. The molecule has 0 atom stereocenters. The topological polar surface area (TPSA) is 90.1 Å². The van der Waals surface area contributed by atoms with Gasteiger partial charge in [-0.25, -0.2) is 4.98 Å².